The van der Waals surface area contributed by atoms with Crippen LogP contribution in [0.3, 0.4) is 0 Å². The molecule has 3 atom stereocenters. The Morgan fingerprint density at radius 2 is 2.06 bits per heavy atom. The normalized spacial score (nSPS) is 30.8. The number of hydrogen-bond donors (Lipinski definition) is 2. The van der Waals surface area contributed by atoms with Crippen LogP contribution in [0.4, 0.5) is 8.78 Å². The van der Waals surface area contributed by atoms with E-state index in [9.17, 15) is 13.6 Å². The number of halogens is 2. The lowest BCUT2D eigenvalue weighted by Crippen LogP contribution is -2.44. The Balaban J connectivity index is 2.51. The van der Waals surface area contributed by atoms with E-state index < -0.39 is 36.1 Å². The molecule has 0 saturated carbocycles. The number of nitrogens with one attached hydrogen (secondary N) is 1. The van der Waals surface area contributed by atoms with Crippen LogP contribution in [-0.2, 0) is 9.53 Å². The van der Waals surface area contributed by atoms with Crippen molar-refractivity contribution in [2.24, 2.45) is 11.1 Å². The minimum absolute atomic E-state index is 0.219. The topological polar surface area (TPSA) is 64.3 Å². The number of hydrogen-bond acceptors (Lipinski definition) is 4. The van der Waals surface area contributed by atoms with Gasteiger partial charge < -0.3 is 10.5 Å². The fourth-order valence-corrected chi connectivity index (χ4v) is 1.45. The molecule has 1 rings (SSSR count). The second kappa shape index (κ2) is 4.63. The lowest BCUT2D eigenvalue weighted by Gasteiger charge is -2.21. The zero-order valence-electron chi connectivity index (χ0n) is 9.67. The first-order chi connectivity index (χ1) is 7.21. The van der Waals surface area contributed by atoms with Crippen LogP contribution in [0.1, 0.15) is 27.2 Å². The number of ether oxygens (including phenoxy) is 1. The van der Waals surface area contributed by atoms with Crippen molar-refractivity contribution < 1.29 is 18.3 Å². The summed E-state index contributed by atoms with van der Waals surface area (Å²) in [5.41, 5.74) is 4.88. The molecule has 4 nitrogen and oxygen atoms in total. The predicted octanol–water partition coefficient (Wildman–Crippen LogP) is 0.856. The molecule has 1 fully saturated rings. The smallest absolute Gasteiger partial charge is 0.312 e. The summed E-state index contributed by atoms with van der Waals surface area (Å²) in [6.45, 7) is 5.11. The number of carbonyl (C=O) groups is 1. The molecule has 6 heteroatoms. The number of carbonyl (C=O) groups excluding carboxylic acids is 1. The van der Waals surface area contributed by atoms with Crippen LogP contribution in [0.15, 0.2) is 0 Å². The number of alkyl halides is 2. The maximum atomic E-state index is 12.5. The van der Waals surface area contributed by atoms with Gasteiger partial charge in [-0.05, 0) is 20.8 Å². The maximum Gasteiger partial charge on any atom is 0.312 e. The van der Waals surface area contributed by atoms with Crippen molar-refractivity contribution in [2.45, 2.75) is 51.9 Å². The third-order valence-corrected chi connectivity index (χ3v) is 2.46. The largest absolute Gasteiger partial charge is 0.446 e. The van der Waals surface area contributed by atoms with Crippen molar-refractivity contribution in [3.05, 3.63) is 0 Å². The zero-order chi connectivity index (χ0) is 12.5. The molecular formula is C10H18F2N2O2. The lowest BCUT2D eigenvalue weighted by molar-refractivity contribution is -0.159. The van der Waals surface area contributed by atoms with Gasteiger partial charge in [-0.1, -0.05) is 0 Å². The summed E-state index contributed by atoms with van der Waals surface area (Å²) < 4.78 is 30.0. The van der Waals surface area contributed by atoms with Gasteiger partial charge >= 0.3 is 5.97 Å². The third-order valence-electron chi connectivity index (χ3n) is 2.46. The Kier molecular flexibility index (Phi) is 3.85. The van der Waals surface area contributed by atoms with E-state index in [1.54, 1.807) is 20.8 Å². The maximum absolute atomic E-state index is 12.5. The number of rotatable bonds is 2. The van der Waals surface area contributed by atoms with Gasteiger partial charge in [0.25, 0.3) is 6.43 Å². The van der Waals surface area contributed by atoms with E-state index in [4.69, 9.17) is 10.5 Å². The summed E-state index contributed by atoms with van der Waals surface area (Å²) in [7, 11) is 0. The Morgan fingerprint density at radius 1 is 1.50 bits per heavy atom. The Morgan fingerprint density at radius 3 is 2.44 bits per heavy atom. The van der Waals surface area contributed by atoms with E-state index in [0.717, 1.165) is 0 Å². The molecule has 1 heterocycles. The summed E-state index contributed by atoms with van der Waals surface area (Å²) in [5.74, 6) is -0.424. The summed E-state index contributed by atoms with van der Waals surface area (Å²) in [5, 5.41) is 2.53. The van der Waals surface area contributed by atoms with Gasteiger partial charge in [-0.25, -0.2) is 8.78 Å². The minimum Gasteiger partial charge on any atom is -0.446 e. The lowest BCUT2D eigenvalue weighted by atomic mass is 9.97. The van der Waals surface area contributed by atoms with Gasteiger partial charge in [-0.15, -0.1) is 0 Å². The molecule has 1 aliphatic heterocycles. The second-order valence-corrected chi connectivity index (χ2v) is 5.07. The van der Waals surface area contributed by atoms with Gasteiger partial charge in [0.1, 0.15) is 0 Å². The van der Waals surface area contributed by atoms with Crippen molar-refractivity contribution in [3.63, 3.8) is 0 Å². The molecule has 0 aromatic heterocycles. The standard InChI is InChI=1S/C10H18F2N2O2/c1-10(2,3)9(15)16-6-4-5(13)7(14-6)8(11)12/h5-8,14H,4,13H2,1-3H3. The molecule has 0 amide bonds. The van der Waals surface area contributed by atoms with E-state index in [1.165, 1.54) is 0 Å². The molecule has 3 unspecified atom stereocenters. The summed E-state index contributed by atoms with van der Waals surface area (Å²) >= 11 is 0. The highest BCUT2D eigenvalue weighted by molar-refractivity contribution is 5.75. The van der Waals surface area contributed by atoms with Crippen molar-refractivity contribution in [1.29, 1.82) is 0 Å². The third kappa shape index (κ3) is 3.12. The Bertz CT molecular complexity index is 266. The molecule has 3 N–H and O–H groups in total. The van der Waals surface area contributed by atoms with Gasteiger partial charge in [-0.3, -0.25) is 10.1 Å². The highest BCUT2D eigenvalue weighted by Gasteiger charge is 2.39. The highest BCUT2D eigenvalue weighted by Crippen LogP contribution is 2.22. The van der Waals surface area contributed by atoms with E-state index in [2.05, 4.69) is 5.32 Å². The van der Waals surface area contributed by atoms with Gasteiger partial charge in [-0.2, -0.15) is 0 Å². The van der Waals surface area contributed by atoms with Crippen LogP contribution in [0.25, 0.3) is 0 Å². The molecule has 0 aromatic carbocycles. The first-order valence-corrected chi connectivity index (χ1v) is 5.22. The SMILES string of the molecule is CC(C)(C)C(=O)OC1CC(N)C(C(F)F)N1. The van der Waals surface area contributed by atoms with Gasteiger partial charge in [0, 0.05) is 12.5 Å². The fourth-order valence-electron chi connectivity index (χ4n) is 1.45. The summed E-state index contributed by atoms with van der Waals surface area (Å²) in [6.07, 6.45) is -3.04. The van der Waals surface area contributed by atoms with E-state index in [0.29, 0.717) is 0 Å². The van der Waals surface area contributed by atoms with E-state index in [-0.39, 0.29) is 6.42 Å². The van der Waals surface area contributed by atoms with Gasteiger partial charge in [0.15, 0.2) is 6.23 Å². The quantitative estimate of drug-likeness (QED) is 0.698. The van der Waals surface area contributed by atoms with E-state index >= 15 is 0 Å². The van der Waals surface area contributed by atoms with Crippen LogP contribution in [0.5, 0.6) is 0 Å². The summed E-state index contributed by atoms with van der Waals surface area (Å²) in [6, 6.07) is -1.78. The molecule has 16 heavy (non-hydrogen) atoms. The molecule has 0 bridgehead atoms. The van der Waals surface area contributed by atoms with Gasteiger partial charge in [0.2, 0.25) is 0 Å². The predicted molar refractivity (Wildman–Crippen MR) is 54.9 cm³/mol. The molecule has 0 radical (unpaired) electrons. The molecule has 0 aromatic rings. The fraction of sp³-hybridized carbons (Fsp3) is 0.900. The molecule has 94 valence electrons. The molecule has 0 aliphatic carbocycles. The van der Waals surface area contributed by atoms with Crippen molar-refractivity contribution >= 4 is 5.97 Å². The van der Waals surface area contributed by atoms with Crippen LogP contribution in [0.2, 0.25) is 0 Å². The second-order valence-electron chi connectivity index (χ2n) is 5.07. The van der Waals surface area contributed by atoms with Crippen LogP contribution in [-0.4, -0.2) is 30.7 Å². The molecular weight excluding hydrogens is 218 g/mol. The molecule has 0 spiro atoms. The zero-order valence-corrected chi connectivity index (χ0v) is 9.67. The van der Waals surface area contributed by atoms with Gasteiger partial charge in [0.05, 0.1) is 11.5 Å². The van der Waals surface area contributed by atoms with E-state index in [1.807, 2.05) is 0 Å². The highest BCUT2D eigenvalue weighted by atomic mass is 19.3. The Labute approximate surface area is 93.5 Å². The first-order valence-electron chi connectivity index (χ1n) is 5.22. The average molecular weight is 236 g/mol. The number of nitrogens with two attached hydrogens (primary N) is 1. The van der Waals surface area contributed by atoms with Crippen LogP contribution in [0, 0.1) is 5.41 Å². The average Bonchev–Trinajstić information content (AvgIpc) is 2.45. The summed E-state index contributed by atoms with van der Waals surface area (Å²) in [4.78, 5) is 11.5. The molecule has 1 aliphatic rings. The van der Waals surface area contributed by atoms with Crippen LogP contribution >= 0.6 is 0 Å². The monoisotopic (exact) mass is 236 g/mol. The van der Waals surface area contributed by atoms with Crippen molar-refractivity contribution in [2.75, 3.05) is 0 Å². The Hall–Kier alpha value is -0.750. The first kappa shape index (κ1) is 13.3. The number of esters is 1. The van der Waals surface area contributed by atoms with Crippen LogP contribution < -0.4 is 11.1 Å². The molecule has 1 saturated heterocycles. The van der Waals surface area contributed by atoms with Crippen molar-refractivity contribution in [1.82, 2.24) is 5.32 Å². The minimum atomic E-state index is -2.55. The van der Waals surface area contributed by atoms with Crippen molar-refractivity contribution in [3.8, 4) is 0 Å².